The van der Waals surface area contributed by atoms with E-state index in [4.69, 9.17) is 4.74 Å². The van der Waals surface area contributed by atoms with E-state index in [2.05, 4.69) is 22.0 Å². The van der Waals surface area contributed by atoms with E-state index in [1.807, 2.05) is 0 Å². The average molecular weight is 255 g/mol. The molecule has 1 aliphatic heterocycles. The molecule has 1 atom stereocenters. The summed E-state index contributed by atoms with van der Waals surface area (Å²) < 4.78 is 5.04. The minimum Gasteiger partial charge on any atom is -0.383 e. The normalized spacial score (nSPS) is 24.3. The molecule has 1 unspecified atom stereocenters. The fraction of sp³-hybridized carbons (Fsp3) is 1.00. The number of hydrogen-bond acceptors (Lipinski definition) is 4. The molecule has 2 aliphatic rings. The predicted molar refractivity (Wildman–Crippen MR) is 74.9 cm³/mol. The van der Waals surface area contributed by atoms with Crippen molar-refractivity contribution >= 4 is 0 Å². The number of piperazine rings is 1. The van der Waals surface area contributed by atoms with Crippen LogP contribution in [0, 0.1) is 5.92 Å². The molecular weight excluding hydrogens is 226 g/mol. The van der Waals surface area contributed by atoms with Crippen LogP contribution < -0.4 is 5.32 Å². The summed E-state index contributed by atoms with van der Waals surface area (Å²) in [6.45, 7) is 11.5. The number of hydrogen-bond donors (Lipinski definition) is 1. The Bertz CT molecular complexity index is 225. The number of ether oxygens (including phenoxy) is 1. The van der Waals surface area contributed by atoms with Crippen LogP contribution in [0.15, 0.2) is 0 Å². The molecule has 0 spiro atoms. The fourth-order valence-corrected chi connectivity index (χ4v) is 2.67. The summed E-state index contributed by atoms with van der Waals surface area (Å²) in [5.41, 5.74) is 0. The standard InChI is InChI=1S/C14H29N3O/c1-13(11-15-5-10-18-2)17-8-6-16(7-9-17)12-14-3-4-14/h13-15H,3-12H2,1-2H3. The van der Waals surface area contributed by atoms with E-state index in [0.717, 1.165) is 25.6 Å². The van der Waals surface area contributed by atoms with Gasteiger partial charge in [0.05, 0.1) is 6.61 Å². The lowest BCUT2D eigenvalue weighted by atomic mass is 10.2. The van der Waals surface area contributed by atoms with Crippen LogP contribution in [0.4, 0.5) is 0 Å². The molecule has 18 heavy (non-hydrogen) atoms. The lowest BCUT2D eigenvalue weighted by molar-refractivity contribution is 0.0975. The first-order valence-electron chi connectivity index (χ1n) is 7.45. The maximum absolute atomic E-state index is 5.04. The number of nitrogens with one attached hydrogen (secondary N) is 1. The lowest BCUT2D eigenvalue weighted by Crippen LogP contribution is -2.52. The molecule has 1 aliphatic carbocycles. The van der Waals surface area contributed by atoms with Crippen LogP contribution in [0.1, 0.15) is 19.8 Å². The molecule has 1 saturated heterocycles. The van der Waals surface area contributed by atoms with E-state index in [-0.39, 0.29) is 0 Å². The van der Waals surface area contributed by atoms with Crippen LogP contribution in [0.25, 0.3) is 0 Å². The van der Waals surface area contributed by atoms with Crippen molar-refractivity contribution in [2.24, 2.45) is 5.92 Å². The minimum absolute atomic E-state index is 0.643. The first-order chi connectivity index (χ1) is 8.79. The van der Waals surface area contributed by atoms with Crippen molar-refractivity contribution in [2.45, 2.75) is 25.8 Å². The molecule has 1 N–H and O–H groups in total. The zero-order chi connectivity index (χ0) is 12.8. The molecule has 1 saturated carbocycles. The molecule has 106 valence electrons. The van der Waals surface area contributed by atoms with Gasteiger partial charge in [-0.15, -0.1) is 0 Å². The summed E-state index contributed by atoms with van der Waals surface area (Å²) in [6.07, 6.45) is 2.94. The van der Waals surface area contributed by atoms with Gasteiger partial charge in [-0.1, -0.05) is 0 Å². The van der Waals surface area contributed by atoms with Gasteiger partial charge in [-0.05, 0) is 25.7 Å². The first-order valence-corrected chi connectivity index (χ1v) is 7.45. The van der Waals surface area contributed by atoms with Crippen LogP contribution in [-0.2, 0) is 4.74 Å². The van der Waals surface area contributed by atoms with Gasteiger partial charge in [0.25, 0.3) is 0 Å². The van der Waals surface area contributed by atoms with E-state index in [0.29, 0.717) is 6.04 Å². The summed E-state index contributed by atoms with van der Waals surface area (Å²) in [6, 6.07) is 0.643. The van der Waals surface area contributed by atoms with Crippen LogP contribution in [0.3, 0.4) is 0 Å². The molecule has 0 aromatic heterocycles. The Labute approximate surface area is 112 Å². The van der Waals surface area contributed by atoms with Crippen molar-refractivity contribution < 1.29 is 4.74 Å². The van der Waals surface area contributed by atoms with Gasteiger partial charge >= 0.3 is 0 Å². The van der Waals surface area contributed by atoms with Crippen molar-refractivity contribution in [2.75, 3.05) is 59.5 Å². The van der Waals surface area contributed by atoms with Gasteiger partial charge in [-0.3, -0.25) is 4.90 Å². The second kappa shape index (κ2) is 7.43. The smallest absolute Gasteiger partial charge is 0.0587 e. The van der Waals surface area contributed by atoms with Gasteiger partial charge in [-0.2, -0.15) is 0 Å². The molecule has 0 amide bonds. The fourth-order valence-electron chi connectivity index (χ4n) is 2.67. The van der Waals surface area contributed by atoms with Gasteiger partial charge in [0.2, 0.25) is 0 Å². The van der Waals surface area contributed by atoms with Crippen LogP contribution >= 0.6 is 0 Å². The Kier molecular flexibility index (Phi) is 5.89. The number of nitrogens with zero attached hydrogens (tertiary/aromatic N) is 2. The predicted octanol–water partition coefficient (Wildman–Crippen LogP) is 0.639. The SMILES string of the molecule is COCCNCC(C)N1CCN(CC2CC2)CC1. The van der Waals surface area contributed by atoms with Gasteiger partial charge in [0, 0.05) is 59.0 Å². The van der Waals surface area contributed by atoms with E-state index in [1.54, 1.807) is 7.11 Å². The van der Waals surface area contributed by atoms with E-state index in [9.17, 15) is 0 Å². The van der Waals surface area contributed by atoms with E-state index >= 15 is 0 Å². The highest BCUT2D eigenvalue weighted by Crippen LogP contribution is 2.29. The second-order valence-corrected chi connectivity index (χ2v) is 5.83. The van der Waals surface area contributed by atoms with Gasteiger partial charge in [-0.25, -0.2) is 0 Å². The molecule has 0 bridgehead atoms. The maximum atomic E-state index is 5.04. The van der Waals surface area contributed by atoms with Crippen LogP contribution in [-0.4, -0.2) is 75.4 Å². The molecule has 0 aromatic carbocycles. The Morgan fingerprint density at radius 2 is 1.94 bits per heavy atom. The summed E-state index contributed by atoms with van der Waals surface area (Å²) in [4.78, 5) is 5.27. The second-order valence-electron chi connectivity index (χ2n) is 5.83. The summed E-state index contributed by atoms with van der Waals surface area (Å²) >= 11 is 0. The van der Waals surface area contributed by atoms with Gasteiger partial charge in [0.1, 0.15) is 0 Å². The third-order valence-electron chi connectivity index (χ3n) is 4.17. The van der Waals surface area contributed by atoms with E-state index in [1.165, 1.54) is 45.6 Å². The lowest BCUT2D eigenvalue weighted by Gasteiger charge is -2.38. The molecule has 4 heteroatoms. The molecule has 0 radical (unpaired) electrons. The Balaban J connectivity index is 1.56. The highest BCUT2D eigenvalue weighted by Gasteiger charge is 2.27. The van der Waals surface area contributed by atoms with Crippen LogP contribution in [0.5, 0.6) is 0 Å². The third kappa shape index (κ3) is 4.84. The van der Waals surface area contributed by atoms with Crippen molar-refractivity contribution in [3.05, 3.63) is 0 Å². The molecule has 1 heterocycles. The zero-order valence-electron chi connectivity index (χ0n) is 12.0. The van der Waals surface area contributed by atoms with Crippen molar-refractivity contribution in [1.29, 1.82) is 0 Å². The van der Waals surface area contributed by atoms with Crippen molar-refractivity contribution in [3.63, 3.8) is 0 Å². The first kappa shape index (κ1) is 14.3. The van der Waals surface area contributed by atoms with Crippen LogP contribution in [0.2, 0.25) is 0 Å². The summed E-state index contributed by atoms with van der Waals surface area (Å²) in [5.74, 6) is 1.03. The van der Waals surface area contributed by atoms with Gasteiger partial charge in [0.15, 0.2) is 0 Å². The molecule has 0 aromatic rings. The topological polar surface area (TPSA) is 27.7 Å². The van der Waals surface area contributed by atoms with Crippen molar-refractivity contribution in [3.8, 4) is 0 Å². The number of rotatable bonds is 8. The molecule has 4 nitrogen and oxygen atoms in total. The van der Waals surface area contributed by atoms with E-state index < -0.39 is 0 Å². The summed E-state index contributed by atoms with van der Waals surface area (Å²) in [5, 5.41) is 3.46. The minimum atomic E-state index is 0.643. The maximum Gasteiger partial charge on any atom is 0.0587 e. The molecule has 2 fully saturated rings. The monoisotopic (exact) mass is 255 g/mol. The Morgan fingerprint density at radius 1 is 1.22 bits per heavy atom. The highest BCUT2D eigenvalue weighted by molar-refractivity contribution is 4.82. The van der Waals surface area contributed by atoms with Gasteiger partial charge < -0.3 is 15.0 Å². The quantitative estimate of drug-likeness (QED) is 0.644. The Morgan fingerprint density at radius 3 is 2.56 bits per heavy atom. The number of methoxy groups -OCH3 is 1. The molecular formula is C14H29N3O. The zero-order valence-corrected chi connectivity index (χ0v) is 12.0. The summed E-state index contributed by atoms with van der Waals surface area (Å²) in [7, 11) is 1.75. The molecule has 2 rings (SSSR count). The third-order valence-corrected chi connectivity index (χ3v) is 4.17. The largest absolute Gasteiger partial charge is 0.383 e. The highest BCUT2D eigenvalue weighted by atomic mass is 16.5. The Hall–Kier alpha value is -0.160. The van der Waals surface area contributed by atoms with Crippen molar-refractivity contribution in [1.82, 2.24) is 15.1 Å². The average Bonchev–Trinajstić information content (AvgIpc) is 3.19.